The number of unbranched alkanes of at least 4 members (excludes halogenated alkanes) is 10. The van der Waals surface area contributed by atoms with E-state index in [-0.39, 0.29) is 0 Å². The third kappa shape index (κ3) is 14.6. The van der Waals surface area contributed by atoms with E-state index in [9.17, 15) is 3.08 Å². The summed E-state index contributed by atoms with van der Waals surface area (Å²) in [5.41, 5.74) is 0. The fourth-order valence-corrected chi connectivity index (χ4v) is 2.65. The molecule has 0 spiro atoms. The van der Waals surface area contributed by atoms with E-state index in [1.807, 2.05) is 0 Å². The topological polar surface area (TPSA) is 26.3 Å². The predicted octanol–water partition coefficient (Wildman–Crippen LogP) is 4.01. The third-order valence-corrected chi connectivity index (χ3v) is 3.99. The van der Waals surface area contributed by atoms with E-state index in [0.29, 0.717) is 0 Å². The molecule has 0 radical (unpaired) electrons. The normalized spacial score (nSPS) is 10.6. The van der Waals surface area contributed by atoms with Gasteiger partial charge in [-0.3, -0.25) is 0 Å². The van der Waals surface area contributed by atoms with Crippen LogP contribution < -0.4 is 0 Å². The van der Waals surface area contributed by atoms with Gasteiger partial charge in [0.05, 0.1) is 0 Å². The molecular weight excluding hydrogens is 307 g/mol. The van der Waals surface area contributed by atoms with Crippen molar-refractivity contribution in [3.63, 3.8) is 0 Å². The molecule has 3 heteroatoms. The first kappa shape index (κ1) is 16.6. The van der Waals surface area contributed by atoms with Gasteiger partial charge in [-0.05, 0) is 0 Å². The SMILES string of the molecule is CCCCCCCCCCCCC[O][SnH]=[O]. The van der Waals surface area contributed by atoms with Crippen LogP contribution in [0.3, 0.4) is 0 Å². The van der Waals surface area contributed by atoms with Gasteiger partial charge in [0.25, 0.3) is 0 Å². The fraction of sp³-hybridized carbons (Fsp3) is 1.00. The summed E-state index contributed by atoms with van der Waals surface area (Å²) in [6, 6.07) is 0. The van der Waals surface area contributed by atoms with Crippen LogP contribution in [0, 0.1) is 0 Å². The second kappa shape index (κ2) is 15.6. The Morgan fingerprint density at radius 1 is 0.750 bits per heavy atom. The monoisotopic (exact) mass is 336 g/mol. The van der Waals surface area contributed by atoms with Crippen molar-refractivity contribution >= 4 is 21.5 Å². The molecule has 0 aliphatic rings. The average molecular weight is 335 g/mol. The molecule has 0 N–H and O–H groups in total. The van der Waals surface area contributed by atoms with Crippen molar-refractivity contribution in [3.05, 3.63) is 0 Å². The standard InChI is InChI=1S/C13H27O.O.Sn.H/c1-2-3-4-5-6-7-8-9-10-11-12-13-14;;;/h2-13H2,1H3;;;/q-1;;+1;. The minimum atomic E-state index is -1.77. The Bertz CT molecular complexity index is 140. The van der Waals surface area contributed by atoms with Crippen LogP contribution >= 0.6 is 0 Å². The summed E-state index contributed by atoms with van der Waals surface area (Å²) < 4.78 is 15.1. The number of hydrogen-bond donors (Lipinski definition) is 0. The van der Waals surface area contributed by atoms with Crippen LogP contribution in [0.2, 0.25) is 0 Å². The fourth-order valence-electron chi connectivity index (χ4n) is 1.90. The van der Waals surface area contributed by atoms with E-state index in [4.69, 9.17) is 3.07 Å². The van der Waals surface area contributed by atoms with Crippen molar-refractivity contribution < 1.29 is 6.15 Å². The molecule has 0 atom stereocenters. The molecule has 0 rings (SSSR count). The Hall–Kier alpha value is 0.559. The third-order valence-electron chi connectivity index (χ3n) is 2.93. The molecule has 0 aromatic carbocycles. The van der Waals surface area contributed by atoms with Crippen molar-refractivity contribution in [2.24, 2.45) is 0 Å². The van der Waals surface area contributed by atoms with Crippen LogP contribution in [-0.4, -0.2) is 28.1 Å². The van der Waals surface area contributed by atoms with Crippen LogP contribution in [0.1, 0.15) is 77.6 Å². The second-order valence-electron chi connectivity index (χ2n) is 4.50. The molecule has 0 saturated heterocycles. The van der Waals surface area contributed by atoms with Gasteiger partial charge in [-0.2, -0.15) is 0 Å². The maximum atomic E-state index is 10.2. The molecule has 0 aromatic rings. The summed E-state index contributed by atoms with van der Waals surface area (Å²) >= 11 is -1.77. The van der Waals surface area contributed by atoms with E-state index < -0.39 is 21.5 Å². The Kier molecular flexibility index (Phi) is 16.1. The summed E-state index contributed by atoms with van der Waals surface area (Å²) in [7, 11) is 0. The number of rotatable bonds is 13. The van der Waals surface area contributed by atoms with Gasteiger partial charge < -0.3 is 0 Å². The van der Waals surface area contributed by atoms with Crippen molar-refractivity contribution in [2.75, 3.05) is 6.61 Å². The van der Waals surface area contributed by atoms with Crippen LogP contribution in [0.5, 0.6) is 0 Å². The molecule has 0 fully saturated rings. The molecule has 0 aromatic heterocycles. The van der Waals surface area contributed by atoms with Gasteiger partial charge in [0.15, 0.2) is 0 Å². The second-order valence-corrected chi connectivity index (χ2v) is 6.00. The maximum absolute atomic E-state index is 10.2. The Balaban J connectivity index is 2.85. The molecule has 2 nitrogen and oxygen atoms in total. The first-order chi connectivity index (χ1) is 7.91. The van der Waals surface area contributed by atoms with E-state index in [1.165, 1.54) is 64.2 Å². The molecule has 0 aliphatic heterocycles. The van der Waals surface area contributed by atoms with Gasteiger partial charge in [0.1, 0.15) is 0 Å². The van der Waals surface area contributed by atoms with Crippen molar-refractivity contribution in [1.29, 1.82) is 0 Å². The van der Waals surface area contributed by atoms with E-state index >= 15 is 0 Å². The zero-order valence-electron chi connectivity index (χ0n) is 10.9. The zero-order valence-corrected chi connectivity index (χ0v) is 14.2. The zero-order chi connectivity index (χ0) is 11.9. The van der Waals surface area contributed by atoms with E-state index in [0.717, 1.165) is 13.0 Å². The van der Waals surface area contributed by atoms with Gasteiger partial charge in [-0.1, -0.05) is 13.3 Å². The summed E-state index contributed by atoms with van der Waals surface area (Å²) in [5.74, 6) is 0. The van der Waals surface area contributed by atoms with E-state index in [2.05, 4.69) is 6.92 Å². The Morgan fingerprint density at radius 3 is 1.62 bits per heavy atom. The Labute approximate surface area is 112 Å². The molecule has 0 unspecified atom stereocenters. The van der Waals surface area contributed by atoms with Crippen molar-refractivity contribution in [1.82, 2.24) is 0 Å². The first-order valence-electron chi connectivity index (χ1n) is 6.97. The first-order valence-corrected chi connectivity index (χ1v) is 9.66. The summed E-state index contributed by atoms with van der Waals surface area (Å²) in [6.45, 7) is 3.00. The minimum absolute atomic E-state index is 0.738. The molecule has 0 amide bonds. The summed E-state index contributed by atoms with van der Waals surface area (Å²) in [4.78, 5) is 0. The average Bonchev–Trinajstić information content (AvgIpc) is 2.31. The van der Waals surface area contributed by atoms with Crippen LogP contribution in [0.25, 0.3) is 0 Å². The molecule has 0 aliphatic carbocycles. The quantitative estimate of drug-likeness (QED) is 0.376. The molecular formula is C13H28O2Sn. The Morgan fingerprint density at radius 2 is 1.19 bits per heavy atom. The van der Waals surface area contributed by atoms with Crippen LogP contribution in [-0.2, 0) is 6.15 Å². The van der Waals surface area contributed by atoms with Gasteiger partial charge in [0.2, 0.25) is 0 Å². The van der Waals surface area contributed by atoms with Gasteiger partial charge >= 0.3 is 98.5 Å². The predicted molar refractivity (Wildman–Crippen MR) is 70.2 cm³/mol. The van der Waals surface area contributed by atoms with E-state index in [1.54, 1.807) is 0 Å². The van der Waals surface area contributed by atoms with Crippen LogP contribution in [0.4, 0.5) is 0 Å². The molecule has 0 saturated carbocycles. The molecule has 96 valence electrons. The van der Waals surface area contributed by atoms with Crippen molar-refractivity contribution in [2.45, 2.75) is 77.6 Å². The number of hydrogen-bond acceptors (Lipinski definition) is 2. The van der Waals surface area contributed by atoms with Gasteiger partial charge in [-0.25, -0.2) is 0 Å². The molecule has 0 bridgehead atoms. The van der Waals surface area contributed by atoms with Gasteiger partial charge in [0, 0.05) is 0 Å². The molecule has 16 heavy (non-hydrogen) atoms. The van der Waals surface area contributed by atoms with Crippen LogP contribution in [0.15, 0.2) is 0 Å². The van der Waals surface area contributed by atoms with Gasteiger partial charge in [-0.15, -0.1) is 0 Å². The molecule has 0 heterocycles. The summed E-state index contributed by atoms with van der Waals surface area (Å²) in [5, 5.41) is 0. The van der Waals surface area contributed by atoms with Crippen molar-refractivity contribution in [3.8, 4) is 0 Å². The summed E-state index contributed by atoms with van der Waals surface area (Å²) in [6.07, 6.45) is 14.9.